The molecule has 0 aliphatic heterocycles. The summed E-state index contributed by atoms with van der Waals surface area (Å²) in [7, 11) is 1.57. The van der Waals surface area contributed by atoms with Crippen LogP contribution in [0.2, 0.25) is 0 Å². The molecule has 23 heavy (non-hydrogen) atoms. The molecular formula is C16H13N3O3S. The molecule has 7 heteroatoms. The van der Waals surface area contributed by atoms with Gasteiger partial charge in [0, 0.05) is 11.5 Å². The minimum absolute atomic E-state index is 0.107. The third-order valence-corrected chi connectivity index (χ3v) is 3.89. The normalized spacial score (nSPS) is 10.3. The van der Waals surface area contributed by atoms with E-state index < -0.39 is 5.97 Å². The lowest BCUT2D eigenvalue weighted by molar-refractivity contribution is 0.0691. The number of carboxylic acids is 1. The number of carboxylic acid groups (broad SMARTS) is 1. The average molecular weight is 327 g/mol. The van der Waals surface area contributed by atoms with Crippen LogP contribution in [0.3, 0.4) is 0 Å². The van der Waals surface area contributed by atoms with Crippen LogP contribution in [-0.4, -0.2) is 27.8 Å². The topological polar surface area (TPSA) is 84.3 Å². The Morgan fingerprint density at radius 3 is 2.65 bits per heavy atom. The van der Waals surface area contributed by atoms with Crippen molar-refractivity contribution in [2.24, 2.45) is 0 Å². The fourth-order valence-corrected chi connectivity index (χ4v) is 2.71. The Morgan fingerprint density at radius 2 is 1.96 bits per heavy atom. The molecule has 0 amide bonds. The molecule has 116 valence electrons. The molecule has 0 bridgehead atoms. The van der Waals surface area contributed by atoms with Crippen LogP contribution in [0, 0.1) is 0 Å². The molecule has 1 heterocycles. The predicted octanol–water partition coefficient (Wildman–Crippen LogP) is 3.66. The van der Waals surface area contributed by atoms with Crippen molar-refractivity contribution in [3.8, 4) is 16.9 Å². The molecule has 0 atom stereocenters. The number of ether oxygens (including phenoxy) is 1. The highest BCUT2D eigenvalue weighted by atomic mass is 32.1. The molecule has 6 nitrogen and oxygen atoms in total. The summed E-state index contributed by atoms with van der Waals surface area (Å²) in [6.45, 7) is 0. The van der Waals surface area contributed by atoms with Gasteiger partial charge in [0.2, 0.25) is 5.69 Å². The van der Waals surface area contributed by atoms with Gasteiger partial charge in [0.15, 0.2) is 0 Å². The van der Waals surface area contributed by atoms with Crippen molar-refractivity contribution in [1.82, 2.24) is 9.59 Å². The van der Waals surface area contributed by atoms with Gasteiger partial charge in [-0.15, -0.1) is 5.10 Å². The van der Waals surface area contributed by atoms with Gasteiger partial charge < -0.3 is 15.2 Å². The van der Waals surface area contributed by atoms with Crippen LogP contribution in [-0.2, 0) is 0 Å². The summed E-state index contributed by atoms with van der Waals surface area (Å²) < 4.78 is 9.08. The largest absolute Gasteiger partial charge is 0.495 e. The average Bonchev–Trinajstić information content (AvgIpc) is 3.04. The van der Waals surface area contributed by atoms with Gasteiger partial charge in [-0.3, -0.25) is 0 Å². The first-order valence-corrected chi connectivity index (χ1v) is 7.52. The second-order valence-corrected chi connectivity index (χ2v) is 5.42. The molecule has 1 aromatic heterocycles. The monoisotopic (exact) mass is 327 g/mol. The van der Waals surface area contributed by atoms with E-state index >= 15 is 0 Å². The van der Waals surface area contributed by atoms with E-state index in [0.29, 0.717) is 16.4 Å². The van der Waals surface area contributed by atoms with Gasteiger partial charge >= 0.3 is 5.97 Å². The summed E-state index contributed by atoms with van der Waals surface area (Å²) >= 11 is 0.984. The molecule has 2 N–H and O–H groups in total. The fraction of sp³-hybridized carbons (Fsp3) is 0.0625. The van der Waals surface area contributed by atoms with E-state index in [2.05, 4.69) is 14.9 Å². The van der Waals surface area contributed by atoms with Crippen molar-refractivity contribution < 1.29 is 14.6 Å². The molecule has 0 saturated carbocycles. The van der Waals surface area contributed by atoms with E-state index in [1.54, 1.807) is 7.11 Å². The number of hydrogen-bond donors (Lipinski definition) is 2. The summed E-state index contributed by atoms with van der Waals surface area (Å²) in [4.78, 5) is 11.1. The SMILES string of the molecule is COc1cc(-c2ccccc2)ccc1Nc1snnc1C(=O)O. The number of benzene rings is 2. The van der Waals surface area contributed by atoms with Crippen LogP contribution >= 0.6 is 11.5 Å². The third kappa shape index (κ3) is 3.14. The van der Waals surface area contributed by atoms with E-state index in [0.717, 1.165) is 22.7 Å². The number of rotatable bonds is 5. The highest BCUT2D eigenvalue weighted by Gasteiger charge is 2.17. The van der Waals surface area contributed by atoms with E-state index in [4.69, 9.17) is 9.84 Å². The number of hydrogen-bond acceptors (Lipinski definition) is 6. The van der Waals surface area contributed by atoms with E-state index in [1.165, 1.54) is 0 Å². The second kappa shape index (κ2) is 6.45. The predicted molar refractivity (Wildman–Crippen MR) is 88.6 cm³/mol. The van der Waals surface area contributed by atoms with Crippen molar-refractivity contribution in [1.29, 1.82) is 0 Å². The van der Waals surface area contributed by atoms with E-state index in [1.807, 2.05) is 48.5 Å². The summed E-state index contributed by atoms with van der Waals surface area (Å²) in [6, 6.07) is 15.6. The van der Waals surface area contributed by atoms with Gasteiger partial charge in [-0.05, 0) is 23.3 Å². The van der Waals surface area contributed by atoms with Crippen molar-refractivity contribution in [2.75, 3.05) is 12.4 Å². The first-order chi connectivity index (χ1) is 11.2. The van der Waals surface area contributed by atoms with Crippen LogP contribution < -0.4 is 10.1 Å². The quantitative estimate of drug-likeness (QED) is 0.744. The summed E-state index contributed by atoms with van der Waals surface area (Å²) in [6.07, 6.45) is 0. The van der Waals surface area contributed by atoms with Gasteiger partial charge in [0.1, 0.15) is 10.8 Å². The lowest BCUT2D eigenvalue weighted by atomic mass is 10.0. The first kappa shape index (κ1) is 15.0. The van der Waals surface area contributed by atoms with Gasteiger partial charge in [-0.25, -0.2) is 4.79 Å². The molecule has 2 aromatic carbocycles. The van der Waals surface area contributed by atoms with Gasteiger partial charge in [-0.1, -0.05) is 40.9 Å². The first-order valence-electron chi connectivity index (χ1n) is 6.75. The number of aromatic carboxylic acids is 1. The van der Waals surface area contributed by atoms with Gasteiger partial charge in [0.05, 0.1) is 12.8 Å². The smallest absolute Gasteiger partial charge is 0.359 e. The van der Waals surface area contributed by atoms with Crippen LogP contribution in [0.25, 0.3) is 11.1 Å². The third-order valence-electron chi connectivity index (χ3n) is 3.25. The number of carbonyl (C=O) groups is 1. The molecule has 0 spiro atoms. The van der Waals surface area contributed by atoms with Crippen LogP contribution in [0.1, 0.15) is 10.5 Å². The highest BCUT2D eigenvalue weighted by molar-refractivity contribution is 7.10. The number of anilines is 2. The summed E-state index contributed by atoms with van der Waals surface area (Å²) in [5, 5.41) is 16.1. The summed E-state index contributed by atoms with van der Waals surface area (Å²) in [5.41, 5.74) is 2.63. The molecule has 0 saturated heterocycles. The van der Waals surface area contributed by atoms with Crippen molar-refractivity contribution in [3.05, 3.63) is 54.2 Å². The highest BCUT2D eigenvalue weighted by Crippen LogP contribution is 2.34. The molecule has 0 unspecified atom stereocenters. The maximum atomic E-state index is 11.1. The minimum Gasteiger partial charge on any atom is -0.495 e. The number of nitrogens with zero attached hydrogens (tertiary/aromatic N) is 2. The van der Waals surface area contributed by atoms with Crippen LogP contribution in [0.4, 0.5) is 10.7 Å². The van der Waals surface area contributed by atoms with Crippen LogP contribution in [0.15, 0.2) is 48.5 Å². The molecule has 0 aliphatic rings. The minimum atomic E-state index is -1.12. The zero-order chi connectivity index (χ0) is 16.2. The van der Waals surface area contributed by atoms with Crippen molar-refractivity contribution in [3.63, 3.8) is 0 Å². The van der Waals surface area contributed by atoms with Gasteiger partial charge in [-0.2, -0.15) is 0 Å². The maximum absolute atomic E-state index is 11.1. The van der Waals surface area contributed by atoms with E-state index in [9.17, 15) is 4.79 Å². The molecular weight excluding hydrogens is 314 g/mol. The van der Waals surface area contributed by atoms with E-state index in [-0.39, 0.29) is 5.69 Å². The lowest BCUT2D eigenvalue weighted by Gasteiger charge is -2.12. The Hall–Kier alpha value is -2.93. The zero-order valence-electron chi connectivity index (χ0n) is 12.2. The maximum Gasteiger partial charge on any atom is 0.359 e. The zero-order valence-corrected chi connectivity index (χ0v) is 13.0. The Balaban J connectivity index is 1.94. The molecule has 0 aliphatic carbocycles. The molecule has 3 aromatic rings. The Morgan fingerprint density at radius 1 is 1.17 bits per heavy atom. The Labute approximate surface area is 136 Å². The number of methoxy groups -OCH3 is 1. The van der Waals surface area contributed by atoms with Gasteiger partial charge in [0.25, 0.3) is 0 Å². The Kier molecular flexibility index (Phi) is 4.20. The Bertz CT molecular complexity index is 834. The van der Waals surface area contributed by atoms with Crippen LogP contribution in [0.5, 0.6) is 5.75 Å². The van der Waals surface area contributed by atoms with Crippen molar-refractivity contribution in [2.45, 2.75) is 0 Å². The summed E-state index contributed by atoms with van der Waals surface area (Å²) in [5.74, 6) is -0.516. The molecule has 3 rings (SSSR count). The number of nitrogens with one attached hydrogen (secondary N) is 1. The lowest BCUT2D eigenvalue weighted by Crippen LogP contribution is -2.02. The molecule has 0 radical (unpaired) electrons. The standard InChI is InChI=1S/C16H13N3O3S/c1-22-13-9-11(10-5-3-2-4-6-10)7-8-12(13)17-15-14(16(20)21)18-19-23-15/h2-9,17H,1H3,(H,20,21). The second-order valence-electron chi connectivity index (χ2n) is 4.66. The van der Waals surface area contributed by atoms with Crippen molar-refractivity contribution >= 4 is 28.2 Å². The fourth-order valence-electron chi connectivity index (χ4n) is 2.14. The number of aromatic nitrogens is 2. The molecule has 0 fully saturated rings.